The van der Waals surface area contributed by atoms with Crippen LogP contribution in [-0.2, 0) is 4.79 Å². The van der Waals surface area contributed by atoms with Gasteiger partial charge in [0.2, 0.25) is 0 Å². The Kier molecular flexibility index (Phi) is 3.15. The largest absolute Gasteiger partial charge is 0.393 e. The lowest BCUT2D eigenvalue weighted by molar-refractivity contribution is -0.121. The molecule has 3 heteroatoms. The summed E-state index contributed by atoms with van der Waals surface area (Å²) in [5.41, 5.74) is 0.782. The standard InChI is InChI=1S/C19H27FO2/c1-18-10-8-15(21)17(20)14(18)4-3-11-12-5-6-16(22)19(12,2)9-7-13(11)18/h11-13,16,22H,3-10H2,1-2H3. The van der Waals surface area contributed by atoms with Crippen molar-refractivity contribution in [2.24, 2.45) is 28.6 Å². The number of rotatable bonds is 0. The zero-order chi connectivity index (χ0) is 15.7. The molecule has 0 aromatic rings. The molecular weight excluding hydrogens is 279 g/mol. The zero-order valence-electron chi connectivity index (χ0n) is 13.7. The molecule has 0 bridgehead atoms. The Bertz CT molecular complexity index is 554. The highest BCUT2D eigenvalue weighted by molar-refractivity contribution is 5.95. The maximum Gasteiger partial charge on any atom is 0.191 e. The molecule has 0 radical (unpaired) electrons. The van der Waals surface area contributed by atoms with E-state index in [1.165, 1.54) is 0 Å². The summed E-state index contributed by atoms with van der Waals surface area (Å²) in [6, 6.07) is 0. The maximum atomic E-state index is 14.4. The van der Waals surface area contributed by atoms with Crippen molar-refractivity contribution in [3.8, 4) is 0 Å². The minimum atomic E-state index is -0.410. The third-order valence-electron chi connectivity index (χ3n) is 8.00. The van der Waals surface area contributed by atoms with Gasteiger partial charge in [-0.05, 0) is 79.1 Å². The number of aliphatic hydroxyl groups excluding tert-OH is 1. The lowest BCUT2D eigenvalue weighted by atomic mass is 9.47. The smallest absolute Gasteiger partial charge is 0.191 e. The van der Waals surface area contributed by atoms with Crippen LogP contribution in [0.4, 0.5) is 4.39 Å². The average Bonchev–Trinajstić information content (AvgIpc) is 2.79. The van der Waals surface area contributed by atoms with Crippen molar-refractivity contribution < 1.29 is 14.3 Å². The molecular formula is C19H27FO2. The quantitative estimate of drug-likeness (QED) is 0.729. The third-order valence-corrected chi connectivity index (χ3v) is 8.00. The summed E-state index contributed by atoms with van der Waals surface area (Å²) in [6.45, 7) is 4.48. The maximum absolute atomic E-state index is 14.4. The molecule has 0 aliphatic heterocycles. The van der Waals surface area contributed by atoms with Crippen LogP contribution in [0.2, 0.25) is 0 Å². The van der Waals surface area contributed by atoms with Crippen LogP contribution in [-0.4, -0.2) is 17.0 Å². The van der Waals surface area contributed by atoms with Crippen LogP contribution < -0.4 is 0 Å². The first-order valence-electron chi connectivity index (χ1n) is 8.98. The van der Waals surface area contributed by atoms with Crippen LogP contribution in [0, 0.1) is 28.6 Å². The Morgan fingerprint density at radius 1 is 1.05 bits per heavy atom. The molecule has 2 nitrogen and oxygen atoms in total. The number of hydrogen-bond acceptors (Lipinski definition) is 2. The molecule has 4 rings (SSSR count). The van der Waals surface area contributed by atoms with Gasteiger partial charge in [0, 0.05) is 6.42 Å². The first-order valence-corrected chi connectivity index (χ1v) is 8.98. The second-order valence-corrected chi connectivity index (χ2v) is 8.69. The second kappa shape index (κ2) is 4.66. The molecule has 22 heavy (non-hydrogen) atoms. The molecule has 4 aliphatic carbocycles. The second-order valence-electron chi connectivity index (χ2n) is 8.69. The van der Waals surface area contributed by atoms with Gasteiger partial charge < -0.3 is 5.11 Å². The molecule has 6 unspecified atom stereocenters. The predicted molar refractivity (Wildman–Crippen MR) is 82.8 cm³/mol. The number of allylic oxidation sites excluding steroid dienone is 1. The predicted octanol–water partition coefficient (Wildman–Crippen LogP) is 4.18. The van der Waals surface area contributed by atoms with E-state index in [1.807, 2.05) is 0 Å². The first-order chi connectivity index (χ1) is 10.4. The fraction of sp³-hybridized carbons (Fsp3) is 0.842. The summed E-state index contributed by atoms with van der Waals surface area (Å²) in [4.78, 5) is 11.8. The number of ketones is 1. The van der Waals surface area contributed by atoms with Gasteiger partial charge in [-0.2, -0.15) is 0 Å². The van der Waals surface area contributed by atoms with Crippen LogP contribution >= 0.6 is 0 Å². The van der Waals surface area contributed by atoms with Crippen molar-refractivity contribution >= 4 is 5.78 Å². The average molecular weight is 306 g/mol. The SMILES string of the molecule is CC12CCC(=O)C(F)=C1CCC1C2CCC2(C)C(O)CCC12. The Hall–Kier alpha value is -0.700. The lowest BCUT2D eigenvalue weighted by Crippen LogP contribution is -2.51. The van der Waals surface area contributed by atoms with E-state index in [1.54, 1.807) is 0 Å². The minimum absolute atomic E-state index is 0.0712. The van der Waals surface area contributed by atoms with E-state index in [2.05, 4.69) is 13.8 Å². The van der Waals surface area contributed by atoms with E-state index < -0.39 is 5.83 Å². The first kappa shape index (κ1) is 14.9. The van der Waals surface area contributed by atoms with Gasteiger partial charge in [-0.1, -0.05) is 13.8 Å². The zero-order valence-corrected chi connectivity index (χ0v) is 13.7. The van der Waals surface area contributed by atoms with Crippen molar-refractivity contribution in [3.63, 3.8) is 0 Å². The van der Waals surface area contributed by atoms with Gasteiger partial charge in [-0.15, -0.1) is 0 Å². The molecule has 0 aromatic heterocycles. The summed E-state index contributed by atoms with van der Waals surface area (Å²) >= 11 is 0. The molecule has 122 valence electrons. The lowest BCUT2D eigenvalue weighted by Gasteiger charge is -2.57. The molecule has 3 saturated carbocycles. The summed E-state index contributed by atoms with van der Waals surface area (Å²) in [6.07, 6.45) is 6.97. The van der Waals surface area contributed by atoms with E-state index in [0.29, 0.717) is 24.2 Å². The van der Waals surface area contributed by atoms with Crippen molar-refractivity contribution in [1.29, 1.82) is 0 Å². The van der Waals surface area contributed by atoms with E-state index >= 15 is 0 Å². The summed E-state index contributed by atoms with van der Waals surface area (Å²) in [7, 11) is 0. The van der Waals surface area contributed by atoms with Gasteiger partial charge in [0.25, 0.3) is 0 Å². The molecule has 0 amide bonds. The minimum Gasteiger partial charge on any atom is -0.393 e. The highest BCUT2D eigenvalue weighted by Crippen LogP contribution is 2.65. The van der Waals surface area contributed by atoms with Gasteiger partial charge >= 0.3 is 0 Å². The van der Waals surface area contributed by atoms with E-state index in [0.717, 1.165) is 50.5 Å². The number of halogens is 1. The van der Waals surface area contributed by atoms with Gasteiger partial charge in [-0.3, -0.25) is 4.79 Å². The Morgan fingerprint density at radius 2 is 1.82 bits per heavy atom. The molecule has 1 N–H and O–H groups in total. The fourth-order valence-electron chi connectivity index (χ4n) is 6.62. The van der Waals surface area contributed by atoms with E-state index in [4.69, 9.17) is 0 Å². The van der Waals surface area contributed by atoms with Gasteiger partial charge in [0.1, 0.15) is 0 Å². The van der Waals surface area contributed by atoms with Crippen LogP contribution in [0.15, 0.2) is 11.4 Å². The number of hydrogen-bond donors (Lipinski definition) is 1. The number of Topliss-reactive ketones (excluding diaryl/α,β-unsaturated/α-hetero) is 1. The molecule has 0 saturated heterocycles. The summed E-state index contributed by atoms with van der Waals surface area (Å²) in [5.74, 6) is 0.999. The van der Waals surface area contributed by atoms with E-state index in [-0.39, 0.29) is 22.7 Å². The Balaban J connectivity index is 1.72. The molecule has 3 fully saturated rings. The fourth-order valence-corrected chi connectivity index (χ4v) is 6.62. The monoisotopic (exact) mass is 306 g/mol. The molecule has 0 aromatic carbocycles. The van der Waals surface area contributed by atoms with Crippen molar-refractivity contribution in [2.45, 2.75) is 71.3 Å². The van der Waals surface area contributed by atoms with Crippen molar-refractivity contribution in [2.75, 3.05) is 0 Å². The topological polar surface area (TPSA) is 37.3 Å². The highest BCUT2D eigenvalue weighted by atomic mass is 19.1. The number of carbonyl (C=O) groups excluding carboxylic acids is 1. The molecule has 6 atom stereocenters. The Morgan fingerprint density at radius 3 is 2.59 bits per heavy atom. The highest BCUT2D eigenvalue weighted by Gasteiger charge is 2.59. The number of carbonyl (C=O) groups is 1. The van der Waals surface area contributed by atoms with Crippen LogP contribution in [0.3, 0.4) is 0 Å². The van der Waals surface area contributed by atoms with Crippen molar-refractivity contribution in [1.82, 2.24) is 0 Å². The van der Waals surface area contributed by atoms with Crippen molar-refractivity contribution in [3.05, 3.63) is 11.4 Å². The normalized spacial score (nSPS) is 51.4. The summed E-state index contributed by atoms with van der Waals surface area (Å²) in [5, 5.41) is 10.4. The van der Waals surface area contributed by atoms with E-state index in [9.17, 15) is 14.3 Å². The molecule has 0 heterocycles. The van der Waals surface area contributed by atoms with Gasteiger partial charge in [-0.25, -0.2) is 4.39 Å². The number of fused-ring (bicyclic) bond motifs is 5. The molecule has 0 spiro atoms. The third kappa shape index (κ3) is 1.72. The summed E-state index contributed by atoms with van der Waals surface area (Å²) < 4.78 is 14.4. The van der Waals surface area contributed by atoms with Gasteiger partial charge in [0.05, 0.1) is 6.10 Å². The Labute approximate surface area is 132 Å². The van der Waals surface area contributed by atoms with Crippen LogP contribution in [0.5, 0.6) is 0 Å². The number of aliphatic hydroxyl groups is 1. The molecule has 4 aliphatic rings. The van der Waals surface area contributed by atoms with Crippen LogP contribution in [0.1, 0.15) is 65.2 Å². The van der Waals surface area contributed by atoms with Gasteiger partial charge in [0.15, 0.2) is 11.6 Å². The van der Waals surface area contributed by atoms with Crippen LogP contribution in [0.25, 0.3) is 0 Å².